The number of ether oxygens (including phenoxy) is 2. The minimum absolute atomic E-state index is 0.0856. The van der Waals surface area contributed by atoms with Crippen LogP contribution in [0.4, 0.5) is 5.82 Å². The minimum atomic E-state index is -4.09. The zero-order chi connectivity index (χ0) is 21.9. The van der Waals surface area contributed by atoms with Gasteiger partial charge >= 0.3 is 0 Å². The lowest BCUT2D eigenvalue weighted by Gasteiger charge is -2.13. The highest BCUT2D eigenvalue weighted by Gasteiger charge is 2.23. The van der Waals surface area contributed by atoms with Crippen molar-refractivity contribution < 1.29 is 17.9 Å². The van der Waals surface area contributed by atoms with Gasteiger partial charge in [-0.15, -0.1) is 0 Å². The van der Waals surface area contributed by atoms with Crippen LogP contribution in [0, 0.1) is 0 Å². The molecule has 0 bridgehead atoms. The number of benzene rings is 2. The van der Waals surface area contributed by atoms with E-state index in [1.807, 2.05) is 13.0 Å². The number of hydrogen-bond donors (Lipinski definition) is 2. The van der Waals surface area contributed by atoms with E-state index >= 15 is 0 Å². The molecular formula is C19H18Cl2N4O4S. The van der Waals surface area contributed by atoms with Crippen molar-refractivity contribution in [3.8, 4) is 17.5 Å². The summed E-state index contributed by atoms with van der Waals surface area (Å²) in [6.07, 6.45) is 1.26. The quantitative estimate of drug-likeness (QED) is 0.527. The van der Waals surface area contributed by atoms with Gasteiger partial charge in [-0.3, -0.25) is 4.72 Å². The van der Waals surface area contributed by atoms with Crippen LogP contribution in [-0.2, 0) is 10.0 Å². The molecular weight excluding hydrogens is 451 g/mol. The van der Waals surface area contributed by atoms with Crippen LogP contribution in [0.25, 0.3) is 0 Å². The second-order valence-electron chi connectivity index (χ2n) is 6.19. The van der Waals surface area contributed by atoms with Crippen LogP contribution < -0.4 is 19.9 Å². The summed E-state index contributed by atoms with van der Waals surface area (Å²) in [7, 11) is -2.76. The molecule has 30 heavy (non-hydrogen) atoms. The van der Waals surface area contributed by atoms with Crippen molar-refractivity contribution in [2.75, 3.05) is 11.8 Å². The molecule has 1 atom stereocenters. The third-order valence-corrected chi connectivity index (χ3v) is 6.27. The summed E-state index contributed by atoms with van der Waals surface area (Å²) in [6, 6.07) is 11.3. The first-order valence-electron chi connectivity index (χ1n) is 8.62. The smallest absolute Gasteiger partial charge is 0.264 e. The molecule has 0 saturated heterocycles. The van der Waals surface area contributed by atoms with Gasteiger partial charge in [0.15, 0.2) is 0 Å². The van der Waals surface area contributed by atoms with Gasteiger partial charge in [-0.2, -0.15) is 4.98 Å². The number of rotatable bonds is 7. The van der Waals surface area contributed by atoms with E-state index in [-0.39, 0.29) is 38.6 Å². The molecule has 0 fully saturated rings. The number of aromatic nitrogens is 2. The number of hydrogen-bond acceptors (Lipinski definition) is 7. The zero-order valence-corrected chi connectivity index (χ0v) is 18.3. The van der Waals surface area contributed by atoms with E-state index in [9.17, 15) is 8.42 Å². The normalized spacial score (nSPS) is 12.3. The topological polar surface area (TPSA) is 116 Å². The number of sulfonamides is 1. The van der Waals surface area contributed by atoms with Crippen LogP contribution >= 0.6 is 23.2 Å². The molecule has 0 spiro atoms. The van der Waals surface area contributed by atoms with Crippen LogP contribution in [0.3, 0.4) is 0 Å². The summed E-state index contributed by atoms with van der Waals surface area (Å²) in [5.41, 5.74) is 6.77. The van der Waals surface area contributed by atoms with Crippen LogP contribution in [0.5, 0.6) is 17.5 Å². The Morgan fingerprint density at radius 2 is 1.90 bits per heavy atom. The molecule has 1 aromatic heterocycles. The van der Waals surface area contributed by atoms with Gasteiger partial charge in [0.25, 0.3) is 15.9 Å². The zero-order valence-electron chi connectivity index (χ0n) is 16.0. The highest BCUT2D eigenvalue weighted by Crippen LogP contribution is 2.32. The summed E-state index contributed by atoms with van der Waals surface area (Å²) in [4.78, 5) is 8.02. The van der Waals surface area contributed by atoms with Crippen LogP contribution in [0.1, 0.15) is 18.5 Å². The Morgan fingerprint density at radius 1 is 1.17 bits per heavy atom. The summed E-state index contributed by atoms with van der Waals surface area (Å²) < 4.78 is 38.5. The van der Waals surface area contributed by atoms with Gasteiger partial charge in [0.2, 0.25) is 11.7 Å². The standard InChI is InChI=1S/C19H18Cl2N4O4S/c1-11(22)12-5-3-6-13(9-12)29-16-10-23-18(19(24-16)28-2)25-30(26,27)15-8-4-7-14(20)17(15)21/h3-11H,22H2,1-2H3,(H,23,25)/t11-/m0/s1. The molecule has 3 rings (SSSR count). The predicted molar refractivity (Wildman–Crippen MR) is 115 cm³/mol. The van der Waals surface area contributed by atoms with E-state index < -0.39 is 10.0 Å². The summed E-state index contributed by atoms with van der Waals surface area (Å²) >= 11 is 11.9. The highest BCUT2D eigenvalue weighted by molar-refractivity contribution is 7.92. The number of nitrogens with zero attached hydrogens (tertiary/aromatic N) is 2. The van der Waals surface area contributed by atoms with Gasteiger partial charge in [0, 0.05) is 6.04 Å². The van der Waals surface area contributed by atoms with Gasteiger partial charge in [0.1, 0.15) is 10.6 Å². The van der Waals surface area contributed by atoms with E-state index in [0.29, 0.717) is 5.75 Å². The third kappa shape index (κ3) is 4.93. The Bertz CT molecular complexity index is 1170. The minimum Gasteiger partial charge on any atom is -0.478 e. The monoisotopic (exact) mass is 468 g/mol. The van der Waals surface area contributed by atoms with E-state index in [2.05, 4.69) is 14.7 Å². The first kappa shape index (κ1) is 22.1. The van der Waals surface area contributed by atoms with Gasteiger partial charge in [-0.1, -0.05) is 41.4 Å². The molecule has 8 nitrogen and oxygen atoms in total. The summed E-state index contributed by atoms with van der Waals surface area (Å²) in [5, 5.41) is 0.00271. The third-order valence-electron chi connectivity index (χ3n) is 3.95. The van der Waals surface area contributed by atoms with E-state index in [0.717, 1.165) is 5.56 Å². The van der Waals surface area contributed by atoms with Gasteiger partial charge in [0.05, 0.1) is 23.4 Å². The maximum Gasteiger partial charge on any atom is 0.264 e. The number of halogens is 2. The maximum absolute atomic E-state index is 12.7. The number of methoxy groups -OCH3 is 1. The molecule has 0 radical (unpaired) electrons. The fourth-order valence-electron chi connectivity index (χ4n) is 2.47. The Balaban J connectivity index is 1.87. The van der Waals surface area contributed by atoms with E-state index in [1.165, 1.54) is 31.5 Å². The first-order chi connectivity index (χ1) is 14.2. The molecule has 3 N–H and O–H groups in total. The number of nitrogens with one attached hydrogen (secondary N) is 1. The van der Waals surface area contributed by atoms with Crippen molar-refractivity contribution in [1.82, 2.24) is 9.97 Å². The summed E-state index contributed by atoms with van der Waals surface area (Å²) in [6.45, 7) is 1.86. The Hall–Kier alpha value is -2.59. The molecule has 3 aromatic rings. The SMILES string of the molecule is COc1nc(Oc2cccc([C@H](C)N)c2)cnc1NS(=O)(=O)c1cccc(Cl)c1Cl. The second kappa shape index (κ2) is 9.05. The van der Waals surface area contributed by atoms with Crippen molar-refractivity contribution in [1.29, 1.82) is 0 Å². The Kier molecular flexibility index (Phi) is 6.67. The van der Waals surface area contributed by atoms with Crippen molar-refractivity contribution in [3.63, 3.8) is 0 Å². The first-order valence-corrected chi connectivity index (χ1v) is 10.9. The van der Waals surface area contributed by atoms with Crippen LogP contribution in [0.2, 0.25) is 10.0 Å². The Labute approximate surface area is 184 Å². The van der Waals surface area contributed by atoms with Crippen molar-refractivity contribution in [2.45, 2.75) is 17.9 Å². The lowest BCUT2D eigenvalue weighted by Crippen LogP contribution is -2.15. The maximum atomic E-state index is 12.7. The summed E-state index contributed by atoms with van der Waals surface area (Å²) in [5.74, 6) is 0.389. The molecule has 0 amide bonds. The molecule has 0 saturated carbocycles. The largest absolute Gasteiger partial charge is 0.478 e. The van der Waals surface area contributed by atoms with E-state index in [1.54, 1.807) is 18.2 Å². The fraction of sp³-hybridized carbons (Fsp3) is 0.158. The molecule has 0 aliphatic rings. The number of nitrogens with two attached hydrogens (primary N) is 1. The highest BCUT2D eigenvalue weighted by atomic mass is 35.5. The average molecular weight is 469 g/mol. The van der Waals surface area contributed by atoms with Crippen molar-refractivity contribution >= 4 is 39.0 Å². The van der Waals surface area contributed by atoms with Crippen molar-refractivity contribution in [3.05, 3.63) is 64.3 Å². The molecule has 11 heteroatoms. The fourth-order valence-corrected chi connectivity index (χ4v) is 4.24. The van der Waals surface area contributed by atoms with Crippen LogP contribution in [-0.4, -0.2) is 25.5 Å². The van der Waals surface area contributed by atoms with Gasteiger partial charge in [-0.25, -0.2) is 13.4 Å². The van der Waals surface area contributed by atoms with Crippen molar-refractivity contribution in [2.24, 2.45) is 5.73 Å². The number of anilines is 1. The second-order valence-corrected chi connectivity index (χ2v) is 8.62. The predicted octanol–water partition coefficient (Wildman–Crippen LogP) is 4.40. The van der Waals surface area contributed by atoms with Gasteiger partial charge < -0.3 is 15.2 Å². The Morgan fingerprint density at radius 3 is 2.60 bits per heavy atom. The molecule has 158 valence electrons. The average Bonchev–Trinajstić information content (AvgIpc) is 2.71. The lowest BCUT2D eigenvalue weighted by molar-refractivity contribution is 0.382. The molecule has 1 heterocycles. The van der Waals surface area contributed by atoms with Crippen LogP contribution in [0.15, 0.2) is 53.6 Å². The van der Waals surface area contributed by atoms with E-state index in [4.69, 9.17) is 38.4 Å². The molecule has 2 aromatic carbocycles. The lowest BCUT2D eigenvalue weighted by atomic mass is 10.1. The van der Waals surface area contributed by atoms with Gasteiger partial charge in [-0.05, 0) is 36.8 Å². The molecule has 0 unspecified atom stereocenters. The molecule has 0 aliphatic heterocycles. The molecule has 0 aliphatic carbocycles.